The van der Waals surface area contributed by atoms with Crippen molar-refractivity contribution in [2.75, 3.05) is 20.3 Å². The molecule has 0 spiro atoms. The quantitative estimate of drug-likeness (QED) is 0.757. The summed E-state index contributed by atoms with van der Waals surface area (Å²) in [6.07, 6.45) is 2.47. The number of amides is 1. The Morgan fingerprint density at radius 3 is 3.22 bits per heavy atom. The van der Waals surface area contributed by atoms with E-state index in [2.05, 4.69) is 5.32 Å². The Labute approximate surface area is 106 Å². The van der Waals surface area contributed by atoms with Gasteiger partial charge in [-0.15, -0.1) is 0 Å². The Morgan fingerprint density at radius 2 is 2.56 bits per heavy atom. The summed E-state index contributed by atoms with van der Waals surface area (Å²) >= 11 is 0. The molecule has 3 atom stereocenters. The van der Waals surface area contributed by atoms with Crippen LogP contribution in [0.15, 0.2) is 22.8 Å². The van der Waals surface area contributed by atoms with Gasteiger partial charge in [0.2, 0.25) is 5.91 Å². The van der Waals surface area contributed by atoms with Crippen molar-refractivity contribution in [3.63, 3.8) is 0 Å². The van der Waals surface area contributed by atoms with Crippen LogP contribution < -0.4 is 5.32 Å². The fourth-order valence-electron chi connectivity index (χ4n) is 2.07. The van der Waals surface area contributed by atoms with E-state index in [1.54, 1.807) is 13.4 Å². The Bertz CT molecular complexity index is 376. The third kappa shape index (κ3) is 3.34. The van der Waals surface area contributed by atoms with E-state index in [9.17, 15) is 9.90 Å². The molecule has 1 aliphatic rings. The minimum atomic E-state index is -0.518. The van der Waals surface area contributed by atoms with Crippen LogP contribution in [0.1, 0.15) is 24.5 Å². The maximum atomic E-state index is 11.8. The molecule has 0 saturated heterocycles. The molecule has 1 aromatic heterocycles. The normalized spacial score (nSPS) is 23.7. The van der Waals surface area contributed by atoms with Crippen molar-refractivity contribution in [2.24, 2.45) is 5.92 Å². The largest absolute Gasteiger partial charge is 0.469 e. The van der Waals surface area contributed by atoms with E-state index >= 15 is 0 Å². The van der Waals surface area contributed by atoms with Gasteiger partial charge in [0.15, 0.2) is 0 Å². The zero-order valence-electron chi connectivity index (χ0n) is 10.5. The molecule has 18 heavy (non-hydrogen) atoms. The molecule has 100 valence electrons. The van der Waals surface area contributed by atoms with E-state index in [4.69, 9.17) is 9.15 Å². The molecule has 1 aliphatic carbocycles. The SMILES string of the molecule is COCC(O)CCNC(=O)C1CC1c1ccco1. The van der Waals surface area contributed by atoms with Crippen LogP contribution in [0.5, 0.6) is 0 Å². The molecule has 1 heterocycles. The van der Waals surface area contributed by atoms with Crippen molar-refractivity contribution in [3.8, 4) is 0 Å². The highest BCUT2D eigenvalue weighted by molar-refractivity contribution is 5.82. The molecule has 5 nitrogen and oxygen atoms in total. The Morgan fingerprint density at radius 1 is 1.72 bits per heavy atom. The van der Waals surface area contributed by atoms with Crippen molar-refractivity contribution >= 4 is 5.91 Å². The number of rotatable bonds is 7. The van der Waals surface area contributed by atoms with Gasteiger partial charge in [0.25, 0.3) is 0 Å². The van der Waals surface area contributed by atoms with Crippen LogP contribution >= 0.6 is 0 Å². The molecule has 2 rings (SSSR count). The number of hydrogen-bond acceptors (Lipinski definition) is 4. The molecule has 2 N–H and O–H groups in total. The first kappa shape index (κ1) is 13.1. The fourth-order valence-corrected chi connectivity index (χ4v) is 2.07. The predicted molar refractivity (Wildman–Crippen MR) is 65.1 cm³/mol. The Kier molecular flexibility index (Phi) is 4.38. The average molecular weight is 253 g/mol. The molecule has 0 aromatic carbocycles. The molecule has 1 saturated carbocycles. The van der Waals surface area contributed by atoms with Crippen LogP contribution in [0, 0.1) is 5.92 Å². The number of nitrogens with one attached hydrogen (secondary N) is 1. The van der Waals surface area contributed by atoms with Crippen LogP contribution in [0.25, 0.3) is 0 Å². The standard InChI is InChI=1S/C13H19NO4/c1-17-8-9(15)4-5-14-13(16)11-7-10(11)12-3-2-6-18-12/h2-3,6,9-11,15H,4-5,7-8H2,1H3,(H,14,16). The summed E-state index contributed by atoms with van der Waals surface area (Å²) in [5, 5.41) is 12.3. The smallest absolute Gasteiger partial charge is 0.223 e. The lowest BCUT2D eigenvalue weighted by molar-refractivity contribution is -0.122. The number of methoxy groups -OCH3 is 1. The number of aliphatic hydroxyl groups is 1. The van der Waals surface area contributed by atoms with Gasteiger partial charge in [0.05, 0.1) is 19.0 Å². The highest BCUT2D eigenvalue weighted by Crippen LogP contribution is 2.47. The van der Waals surface area contributed by atoms with Crippen molar-refractivity contribution in [1.82, 2.24) is 5.32 Å². The summed E-state index contributed by atoms with van der Waals surface area (Å²) in [6, 6.07) is 3.74. The second-order valence-corrected chi connectivity index (χ2v) is 4.65. The maximum absolute atomic E-state index is 11.8. The Hall–Kier alpha value is -1.33. The van der Waals surface area contributed by atoms with Crippen LogP contribution in [-0.4, -0.2) is 37.4 Å². The molecular weight excluding hydrogens is 234 g/mol. The topological polar surface area (TPSA) is 71.7 Å². The van der Waals surface area contributed by atoms with Gasteiger partial charge < -0.3 is 19.6 Å². The van der Waals surface area contributed by atoms with Crippen LogP contribution in [0.2, 0.25) is 0 Å². The molecule has 1 aromatic rings. The van der Waals surface area contributed by atoms with Crippen molar-refractivity contribution in [3.05, 3.63) is 24.2 Å². The van der Waals surface area contributed by atoms with Gasteiger partial charge in [0, 0.05) is 25.5 Å². The third-order valence-electron chi connectivity index (χ3n) is 3.17. The lowest BCUT2D eigenvalue weighted by atomic mass is 10.2. The molecule has 0 radical (unpaired) electrons. The highest BCUT2D eigenvalue weighted by Gasteiger charge is 2.45. The van der Waals surface area contributed by atoms with Crippen LogP contribution in [-0.2, 0) is 9.53 Å². The molecule has 1 amide bonds. The molecule has 5 heteroatoms. The van der Waals surface area contributed by atoms with Gasteiger partial charge >= 0.3 is 0 Å². The molecule has 3 unspecified atom stereocenters. The summed E-state index contributed by atoms with van der Waals surface area (Å²) in [7, 11) is 1.54. The van der Waals surface area contributed by atoms with E-state index in [0.29, 0.717) is 19.6 Å². The minimum absolute atomic E-state index is 0.0238. The predicted octanol–water partition coefficient (Wildman–Crippen LogP) is 0.897. The fraction of sp³-hybridized carbons (Fsp3) is 0.615. The second kappa shape index (κ2) is 6.02. The summed E-state index contributed by atoms with van der Waals surface area (Å²) in [6.45, 7) is 0.777. The third-order valence-corrected chi connectivity index (χ3v) is 3.17. The van der Waals surface area contributed by atoms with E-state index in [1.165, 1.54) is 0 Å². The molecule has 0 bridgehead atoms. The van der Waals surface area contributed by atoms with E-state index in [1.807, 2.05) is 12.1 Å². The first-order chi connectivity index (χ1) is 8.72. The van der Waals surface area contributed by atoms with Gasteiger partial charge in [0.1, 0.15) is 5.76 Å². The number of carbonyl (C=O) groups is 1. The lowest BCUT2D eigenvalue weighted by Gasteiger charge is -2.09. The minimum Gasteiger partial charge on any atom is -0.469 e. The van der Waals surface area contributed by atoms with E-state index < -0.39 is 6.10 Å². The number of aliphatic hydroxyl groups excluding tert-OH is 1. The summed E-state index contributed by atoms with van der Waals surface area (Å²) in [5.41, 5.74) is 0. The van der Waals surface area contributed by atoms with Crippen molar-refractivity contribution < 1.29 is 19.1 Å². The van der Waals surface area contributed by atoms with Gasteiger partial charge in [-0.05, 0) is 25.0 Å². The zero-order chi connectivity index (χ0) is 13.0. The number of ether oxygens (including phenoxy) is 1. The lowest BCUT2D eigenvalue weighted by Crippen LogP contribution is -2.29. The summed E-state index contributed by atoms with van der Waals surface area (Å²) < 4.78 is 10.1. The average Bonchev–Trinajstić information content (AvgIpc) is 2.96. The molecule has 0 aliphatic heterocycles. The van der Waals surface area contributed by atoms with Gasteiger partial charge in [-0.25, -0.2) is 0 Å². The monoisotopic (exact) mass is 253 g/mol. The van der Waals surface area contributed by atoms with Crippen LogP contribution in [0.3, 0.4) is 0 Å². The summed E-state index contributed by atoms with van der Waals surface area (Å²) in [4.78, 5) is 11.8. The summed E-state index contributed by atoms with van der Waals surface area (Å²) in [5.74, 6) is 1.18. The van der Waals surface area contributed by atoms with Gasteiger partial charge in [-0.2, -0.15) is 0 Å². The Balaban J connectivity index is 1.65. The van der Waals surface area contributed by atoms with E-state index in [-0.39, 0.29) is 17.7 Å². The van der Waals surface area contributed by atoms with Crippen molar-refractivity contribution in [1.29, 1.82) is 0 Å². The van der Waals surface area contributed by atoms with Crippen LogP contribution in [0.4, 0.5) is 0 Å². The number of carbonyl (C=O) groups excluding carboxylic acids is 1. The maximum Gasteiger partial charge on any atom is 0.223 e. The highest BCUT2D eigenvalue weighted by atomic mass is 16.5. The number of hydrogen-bond donors (Lipinski definition) is 2. The first-order valence-corrected chi connectivity index (χ1v) is 6.20. The number of furan rings is 1. The second-order valence-electron chi connectivity index (χ2n) is 4.65. The molecular formula is C13H19NO4. The van der Waals surface area contributed by atoms with E-state index in [0.717, 1.165) is 12.2 Å². The first-order valence-electron chi connectivity index (χ1n) is 6.20. The van der Waals surface area contributed by atoms with Gasteiger partial charge in [-0.1, -0.05) is 0 Å². The van der Waals surface area contributed by atoms with Crippen molar-refractivity contribution in [2.45, 2.75) is 24.9 Å². The molecule has 1 fully saturated rings. The zero-order valence-corrected chi connectivity index (χ0v) is 10.5. The van der Waals surface area contributed by atoms with Gasteiger partial charge in [-0.3, -0.25) is 4.79 Å².